The van der Waals surface area contributed by atoms with E-state index in [2.05, 4.69) is 15.0 Å². The van der Waals surface area contributed by atoms with Crippen LogP contribution >= 0.6 is 11.8 Å². The van der Waals surface area contributed by atoms with Gasteiger partial charge < -0.3 is 17.2 Å². The summed E-state index contributed by atoms with van der Waals surface area (Å²) in [7, 11) is 0. The molecule has 6 N–H and O–H groups in total. The second-order valence-electron chi connectivity index (χ2n) is 4.18. The number of fused-ring (bicyclic) bond motifs is 1. The Morgan fingerprint density at radius 2 is 1.65 bits per heavy atom. The number of rotatable bonds is 2. The van der Waals surface area contributed by atoms with Crippen LogP contribution in [-0.4, -0.2) is 15.0 Å². The van der Waals surface area contributed by atoms with Crippen molar-refractivity contribution >= 4 is 39.9 Å². The molecule has 0 atom stereocenters. The fourth-order valence-electron chi connectivity index (χ4n) is 1.88. The Hall–Kier alpha value is -2.54. The molecule has 0 spiro atoms. The van der Waals surface area contributed by atoms with E-state index in [4.69, 9.17) is 17.2 Å². The summed E-state index contributed by atoms with van der Waals surface area (Å²) in [5.41, 5.74) is 18.0. The summed E-state index contributed by atoms with van der Waals surface area (Å²) in [6, 6.07) is 7.16. The molecule has 0 aliphatic carbocycles. The minimum Gasteiger partial charge on any atom is -0.398 e. The topological polar surface area (TPSA) is 117 Å². The quantitative estimate of drug-likeness (QED) is 0.486. The number of benzene rings is 1. The molecule has 0 aliphatic heterocycles. The van der Waals surface area contributed by atoms with Gasteiger partial charge in [-0.2, -0.15) is 0 Å². The molecule has 7 heteroatoms. The van der Waals surface area contributed by atoms with Gasteiger partial charge in [-0.25, -0.2) is 9.97 Å². The van der Waals surface area contributed by atoms with Crippen LogP contribution < -0.4 is 17.2 Å². The van der Waals surface area contributed by atoms with Crippen molar-refractivity contribution < 1.29 is 0 Å². The van der Waals surface area contributed by atoms with Gasteiger partial charge in [-0.05, 0) is 30.0 Å². The Bertz CT molecular complexity index is 769. The molecule has 0 unspecified atom stereocenters. The first-order chi connectivity index (χ1) is 9.63. The highest BCUT2D eigenvalue weighted by atomic mass is 32.2. The number of anilines is 3. The van der Waals surface area contributed by atoms with Crippen molar-refractivity contribution in [1.82, 2.24) is 15.0 Å². The highest BCUT2D eigenvalue weighted by Gasteiger charge is 2.08. The maximum atomic E-state index is 5.96. The first-order valence-corrected chi connectivity index (χ1v) is 6.65. The number of hydrogen-bond acceptors (Lipinski definition) is 7. The molecule has 1 aromatic carbocycles. The summed E-state index contributed by atoms with van der Waals surface area (Å²) in [4.78, 5) is 13.4. The van der Waals surface area contributed by atoms with Crippen molar-refractivity contribution in [3.63, 3.8) is 0 Å². The summed E-state index contributed by atoms with van der Waals surface area (Å²) in [6.07, 6.45) is 3.48. The van der Waals surface area contributed by atoms with Crippen LogP contribution in [0.5, 0.6) is 0 Å². The normalized spacial score (nSPS) is 10.8. The minimum atomic E-state index is 0.345. The zero-order valence-electron chi connectivity index (χ0n) is 10.4. The number of hydrogen-bond donors (Lipinski definition) is 3. The van der Waals surface area contributed by atoms with Gasteiger partial charge in [0, 0.05) is 39.8 Å². The molecule has 0 amide bonds. The first-order valence-electron chi connectivity index (χ1n) is 5.83. The molecular formula is C13H12N6S. The molecule has 20 heavy (non-hydrogen) atoms. The zero-order chi connectivity index (χ0) is 14.1. The Balaban J connectivity index is 2.09. The Morgan fingerprint density at radius 1 is 0.900 bits per heavy atom. The van der Waals surface area contributed by atoms with Crippen molar-refractivity contribution in [2.45, 2.75) is 10.1 Å². The maximum Gasteiger partial charge on any atom is 0.196 e. The van der Waals surface area contributed by atoms with Crippen molar-refractivity contribution in [2.75, 3.05) is 17.2 Å². The van der Waals surface area contributed by atoms with E-state index in [1.54, 1.807) is 12.4 Å². The second-order valence-corrected chi connectivity index (χ2v) is 5.19. The lowest BCUT2D eigenvalue weighted by Crippen LogP contribution is -1.99. The molecule has 3 aromatic rings. The highest BCUT2D eigenvalue weighted by Crippen LogP contribution is 2.34. The van der Waals surface area contributed by atoms with Gasteiger partial charge in [0.25, 0.3) is 0 Å². The first kappa shape index (κ1) is 12.5. The van der Waals surface area contributed by atoms with Gasteiger partial charge in [0.05, 0.1) is 0 Å². The van der Waals surface area contributed by atoms with Gasteiger partial charge in [0.1, 0.15) is 11.6 Å². The molecule has 0 aliphatic rings. The largest absolute Gasteiger partial charge is 0.398 e. The van der Waals surface area contributed by atoms with E-state index in [-0.39, 0.29) is 0 Å². The van der Waals surface area contributed by atoms with Gasteiger partial charge in [-0.1, -0.05) is 0 Å². The van der Waals surface area contributed by atoms with Crippen LogP contribution in [-0.2, 0) is 0 Å². The molecule has 0 fully saturated rings. The molecular weight excluding hydrogens is 272 g/mol. The molecule has 0 saturated heterocycles. The Labute approximate surface area is 119 Å². The van der Waals surface area contributed by atoms with E-state index >= 15 is 0 Å². The van der Waals surface area contributed by atoms with Crippen LogP contribution in [0.1, 0.15) is 0 Å². The summed E-state index contributed by atoms with van der Waals surface area (Å²) >= 11 is 1.38. The lowest BCUT2D eigenvalue weighted by atomic mass is 10.1. The molecule has 3 rings (SSSR count). The van der Waals surface area contributed by atoms with Crippen molar-refractivity contribution in [2.24, 2.45) is 0 Å². The van der Waals surface area contributed by atoms with E-state index in [1.807, 2.05) is 18.2 Å². The summed E-state index contributed by atoms with van der Waals surface area (Å²) in [5.74, 6) is 0.691. The summed E-state index contributed by atoms with van der Waals surface area (Å²) in [5, 5.41) is 2.39. The third-order valence-electron chi connectivity index (χ3n) is 2.76. The van der Waals surface area contributed by atoms with Gasteiger partial charge in [0.15, 0.2) is 5.16 Å². The SMILES string of the molecule is Nc1cc(N)nc(Sc2ccc(N)c3ccncc23)n1. The number of nitrogens with two attached hydrogens (primary N) is 3. The molecule has 2 aromatic heterocycles. The molecule has 0 bridgehead atoms. The van der Waals surface area contributed by atoms with Gasteiger partial charge >= 0.3 is 0 Å². The minimum absolute atomic E-state index is 0.345. The van der Waals surface area contributed by atoms with Crippen LogP contribution in [0.3, 0.4) is 0 Å². The number of aromatic nitrogens is 3. The lowest BCUT2D eigenvalue weighted by Gasteiger charge is -2.07. The average Bonchev–Trinajstić information content (AvgIpc) is 2.41. The van der Waals surface area contributed by atoms with Crippen molar-refractivity contribution in [3.05, 3.63) is 36.7 Å². The predicted octanol–water partition coefficient (Wildman–Crippen LogP) is 1.92. The van der Waals surface area contributed by atoms with E-state index in [0.717, 1.165) is 15.7 Å². The monoisotopic (exact) mass is 284 g/mol. The third-order valence-corrected chi connectivity index (χ3v) is 3.70. The standard InChI is InChI=1S/C13H12N6S/c14-9-1-2-10(8-6-17-4-3-7(8)9)20-13-18-11(15)5-12(16)19-13/h1-6H,14H2,(H4,15,16,18,19). The number of pyridine rings is 1. The van der Waals surface area contributed by atoms with Gasteiger partial charge in [0.2, 0.25) is 0 Å². The van der Waals surface area contributed by atoms with Crippen LogP contribution in [0.2, 0.25) is 0 Å². The van der Waals surface area contributed by atoms with E-state index in [9.17, 15) is 0 Å². The molecule has 0 saturated carbocycles. The van der Waals surface area contributed by atoms with E-state index < -0.39 is 0 Å². The second kappa shape index (κ2) is 4.86. The highest BCUT2D eigenvalue weighted by molar-refractivity contribution is 7.99. The summed E-state index contributed by atoms with van der Waals surface area (Å²) < 4.78 is 0. The van der Waals surface area contributed by atoms with Crippen molar-refractivity contribution in [1.29, 1.82) is 0 Å². The zero-order valence-corrected chi connectivity index (χ0v) is 11.3. The van der Waals surface area contributed by atoms with Crippen LogP contribution in [0.15, 0.2) is 46.7 Å². The van der Waals surface area contributed by atoms with Gasteiger partial charge in [-0.3, -0.25) is 4.98 Å². The number of nitrogens with zero attached hydrogens (tertiary/aromatic N) is 3. The fourth-order valence-corrected chi connectivity index (χ4v) is 2.79. The van der Waals surface area contributed by atoms with Crippen LogP contribution in [0.4, 0.5) is 17.3 Å². The van der Waals surface area contributed by atoms with E-state index in [0.29, 0.717) is 22.5 Å². The predicted molar refractivity (Wildman–Crippen MR) is 81.1 cm³/mol. The Morgan fingerprint density at radius 3 is 2.40 bits per heavy atom. The molecule has 100 valence electrons. The van der Waals surface area contributed by atoms with E-state index in [1.165, 1.54) is 17.8 Å². The average molecular weight is 284 g/mol. The van der Waals surface area contributed by atoms with Crippen molar-refractivity contribution in [3.8, 4) is 0 Å². The fraction of sp³-hybridized carbons (Fsp3) is 0. The van der Waals surface area contributed by atoms with Gasteiger partial charge in [-0.15, -0.1) is 0 Å². The molecule has 0 radical (unpaired) electrons. The summed E-state index contributed by atoms with van der Waals surface area (Å²) in [6.45, 7) is 0. The Kier molecular flexibility index (Phi) is 3.03. The molecule has 2 heterocycles. The maximum absolute atomic E-state index is 5.96. The van der Waals surface area contributed by atoms with Crippen LogP contribution in [0, 0.1) is 0 Å². The smallest absolute Gasteiger partial charge is 0.196 e. The van der Waals surface area contributed by atoms with Crippen LogP contribution in [0.25, 0.3) is 10.8 Å². The third kappa shape index (κ3) is 2.30. The lowest BCUT2D eigenvalue weighted by molar-refractivity contribution is 0.985. The molecule has 6 nitrogen and oxygen atoms in total. The number of nitrogen functional groups attached to an aromatic ring is 3.